The highest BCUT2D eigenvalue weighted by Crippen LogP contribution is 2.04. The molecule has 13 heteroatoms. The summed E-state index contributed by atoms with van der Waals surface area (Å²) in [7, 11) is 0. The minimum atomic E-state index is -1.26. The van der Waals surface area contributed by atoms with Gasteiger partial charge < -0.3 is 31.9 Å². The molecular formula is C15H28N4O6S3. The number of nitrogens with two attached hydrogens (primary N) is 1. The van der Waals surface area contributed by atoms with Crippen molar-refractivity contribution in [3.8, 4) is 0 Å². The van der Waals surface area contributed by atoms with E-state index in [1.807, 2.05) is 6.26 Å². The van der Waals surface area contributed by atoms with Crippen LogP contribution in [-0.4, -0.2) is 87.7 Å². The number of carbonyl (C=O) groups is 4. The lowest BCUT2D eigenvalue weighted by molar-refractivity contribution is -0.141. The Hall–Kier alpha value is -1.15. The molecule has 0 rings (SSSR count). The molecule has 162 valence electrons. The predicted octanol–water partition coefficient (Wildman–Crippen LogP) is -2.15. The first-order valence-electron chi connectivity index (χ1n) is 8.37. The van der Waals surface area contributed by atoms with Gasteiger partial charge in [-0.25, -0.2) is 4.79 Å². The summed E-state index contributed by atoms with van der Waals surface area (Å²) in [4.78, 5) is 47.9. The first kappa shape index (κ1) is 26.9. The molecule has 5 unspecified atom stereocenters. The predicted molar refractivity (Wildman–Crippen MR) is 114 cm³/mol. The number of rotatable bonds is 13. The third-order valence-electron chi connectivity index (χ3n) is 3.68. The third-order valence-corrected chi connectivity index (χ3v) is 5.05. The van der Waals surface area contributed by atoms with E-state index >= 15 is 0 Å². The molecule has 0 aromatic carbocycles. The van der Waals surface area contributed by atoms with Crippen LogP contribution in [0.5, 0.6) is 0 Å². The number of aliphatic hydroxyl groups excluding tert-OH is 1. The molecule has 0 aliphatic heterocycles. The van der Waals surface area contributed by atoms with Crippen molar-refractivity contribution in [1.29, 1.82) is 0 Å². The third kappa shape index (κ3) is 9.37. The molecule has 0 fully saturated rings. The van der Waals surface area contributed by atoms with E-state index in [1.54, 1.807) is 0 Å². The first-order valence-corrected chi connectivity index (χ1v) is 11.0. The Morgan fingerprint density at radius 2 is 1.43 bits per heavy atom. The van der Waals surface area contributed by atoms with E-state index in [-0.39, 0.29) is 17.9 Å². The highest BCUT2D eigenvalue weighted by atomic mass is 32.2. The van der Waals surface area contributed by atoms with Crippen LogP contribution in [-0.2, 0) is 19.2 Å². The van der Waals surface area contributed by atoms with Crippen LogP contribution in [0.15, 0.2) is 0 Å². The molecule has 0 radical (unpaired) electrons. The van der Waals surface area contributed by atoms with Crippen LogP contribution in [0.2, 0.25) is 0 Å². The van der Waals surface area contributed by atoms with Crippen LogP contribution in [0, 0.1) is 0 Å². The van der Waals surface area contributed by atoms with E-state index in [0.717, 1.165) is 0 Å². The Kier molecular flexibility index (Phi) is 13.4. The Morgan fingerprint density at radius 1 is 0.964 bits per heavy atom. The average Bonchev–Trinajstić information content (AvgIpc) is 2.65. The normalized spacial score (nSPS) is 16.2. The summed E-state index contributed by atoms with van der Waals surface area (Å²) in [5, 5.41) is 25.6. The summed E-state index contributed by atoms with van der Waals surface area (Å²) in [6.45, 7) is 1.35. The Morgan fingerprint density at radius 3 is 1.86 bits per heavy atom. The van der Waals surface area contributed by atoms with Crippen molar-refractivity contribution in [2.24, 2.45) is 5.73 Å². The lowest BCUT2D eigenvalue weighted by Crippen LogP contribution is -2.58. The number of hydrogen-bond acceptors (Lipinski definition) is 9. The maximum Gasteiger partial charge on any atom is 0.327 e. The average molecular weight is 457 g/mol. The SMILES string of the molecule is CSCCC(NC(=O)C(N)C(C)O)C(=O)NC(CS)C(=O)NC(CS)C(=O)O. The topological polar surface area (TPSA) is 171 Å². The number of hydrogen-bond donors (Lipinski definition) is 8. The zero-order valence-electron chi connectivity index (χ0n) is 15.6. The largest absolute Gasteiger partial charge is 0.480 e. The van der Waals surface area contributed by atoms with Gasteiger partial charge in [0.05, 0.1) is 6.10 Å². The van der Waals surface area contributed by atoms with Gasteiger partial charge in [0.1, 0.15) is 24.2 Å². The zero-order chi connectivity index (χ0) is 21.9. The molecule has 3 amide bonds. The number of amides is 3. The van der Waals surface area contributed by atoms with Crippen LogP contribution < -0.4 is 21.7 Å². The van der Waals surface area contributed by atoms with Gasteiger partial charge in [0.15, 0.2) is 0 Å². The van der Waals surface area contributed by atoms with Crippen molar-refractivity contribution < 1.29 is 29.4 Å². The second-order valence-electron chi connectivity index (χ2n) is 5.93. The van der Waals surface area contributed by atoms with Crippen LogP contribution >= 0.6 is 37.0 Å². The van der Waals surface area contributed by atoms with E-state index in [1.165, 1.54) is 18.7 Å². The van der Waals surface area contributed by atoms with Gasteiger partial charge in [0.25, 0.3) is 0 Å². The highest BCUT2D eigenvalue weighted by molar-refractivity contribution is 7.98. The van der Waals surface area contributed by atoms with Crippen LogP contribution in [0.1, 0.15) is 13.3 Å². The van der Waals surface area contributed by atoms with Crippen LogP contribution in [0.25, 0.3) is 0 Å². The molecule has 5 atom stereocenters. The second-order valence-corrected chi connectivity index (χ2v) is 7.65. The number of carboxylic acid groups (broad SMARTS) is 1. The van der Waals surface area contributed by atoms with Crippen LogP contribution in [0.4, 0.5) is 0 Å². The minimum Gasteiger partial charge on any atom is -0.480 e. The van der Waals surface area contributed by atoms with E-state index in [2.05, 4.69) is 41.2 Å². The first-order chi connectivity index (χ1) is 13.1. The number of nitrogens with one attached hydrogen (secondary N) is 3. The number of thioether (sulfide) groups is 1. The molecule has 0 aromatic rings. The van der Waals surface area contributed by atoms with Crippen molar-refractivity contribution in [2.75, 3.05) is 23.5 Å². The van der Waals surface area contributed by atoms with Gasteiger partial charge in [-0.1, -0.05) is 0 Å². The maximum atomic E-state index is 12.6. The molecule has 0 aliphatic rings. The minimum absolute atomic E-state index is 0.0904. The van der Waals surface area contributed by atoms with Gasteiger partial charge in [-0.15, -0.1) is 0 Å². The Balaban J connectivity index is 5.11. The molecule has 28 heavy (non-hydrogen) atoms. The molecule has 0 saturated heterocycles. The fourth-order valence-electron chi connectivity index (χ4n) is 1.92. The van der Waals surface area contributed by atoms with Gasteiger partial charge in [0.2, 0.25) is 17.7 Å². The molecule has 0 heterocycles. The summed E-state index contributed by atoms with van der Waals surface area (Å²) in [5.41, 5.74) is 5.57. The molecule has 0 spiro atoms. The fourth-order valence-corrected chi connectivity index (χ4v) is 2.89. The summed E-state index contributed by atoms with van der Waals surface area (Å²) >= 11 is 9.33. The van der Waals surface area contributed by atoms with E-state index in [0.29, 0.717) is 5.75 Å². The second kappa shape index (κ2) is 13.9. The molecule has 10 nitrogen and oxygen atoms in total. The van der Waals surface area contributed by atoms with E-state index in [9.17, 15) is 24.3 Å². The molecule has 0 aliphatic carbocycles. The van der Waals surface area contributed by atoms with Gasteiger partial charge in [-0.2, -0.15) is 37.0 Å². The number of carbonyl (C=O) groups excluding carboxylic acids is 3. The van der Waals surface area contributed by atoms with E-state index < -0.39 is 54.0 Å². The fraction of sp³-hybridized carbons (Fsp3) is 0.733. The van der Waals surface area contributed by atoms with Crippen molar-refractivity contribution >= 4 is 60.7 Å². The zero-order valence-corrected chi connectivity index (χ0v) is 18.2. The Labute approximate surface area is 179 Å². The van der Waals surface area contributed by atoms with Crippen molar-refractivity contribution in [3.05, 3.63) is 0 Å². The summed E-state index contributed by atoms with van der Waals surface area (Å²) < 4.78 is 0. The number of aliphatic carboxylic acids is 1. The monoisotopic (exact) mass is 456 g/mol. The van der Waals surface area contributed by atoms with Gasteiger partial charge in [-0.3, -0.25) is 14.4 Å². The van der Waals surface area contributed by atoms with Crippen molar-refractivity contribution in [3.63, 3.8) is 0 Å². The smallest absolute Gasteiger partial charge is 0.327 e. The lowest BCUT2D eigenvalue weighted by atomic mass is 10.1. The van der Waals surface area contributed by atoms with Crippen LogP contribution in [0.3, 0.4) is 0 Å². The summed E-state index contributed by atoms with van der Waals surface area (Å²) in [6, 6.07) is -4.52. The maximum absolute atomic E-state index is 12.6. The summed E-state index contributed by atoms with van der Waals surface area (Å²) in [5.74, 6) is -3.02. The highest BCUT2D eigenvalue weighted by Gasteiger charge is 2.29. The summed E-state index contributed by atoms with van der Waals surface area (Å²) in [6.07, 6.45) is 0.987. The Bertz CT molecular complexity index is 552. The number of thiol groups is 2. The van der Waals surface area contributed by atoms with Gasteiger partial charge >= 0.3 is 5.97 Å². The van der Waals surface area contributed by atoms with Crippen molar-refractivity contribution in [2.45, 2.75) is 43.6 Å². The number of aliphatic hydroxyl groups is 1. The van der Waals surface area contributed by atoms with Crippen molar-refractivity contribution in [1.82, 2.24) is 16.0 Å². The molecule has 0 saturated carbocycles. The molecular weight excluding hydrogens is 428 g/mol. The van der Waals surface area contributed by atoms with Gasteiger partial charge in [-0.05, 0) is 25.4 Å². The standard InChI is InChI=1S/C15H28N4O6S3/c1-7(20)11(16)14(23)17-8(3-4-28-2)12(21)18-9(5-26)13(22)19-10(6-27)15(24)25/h7-11,20,26-27H,3-6,16H2,1-2H3,(H,17,23)(H,18,21)(H,19,22)(H,24,25). The van der Waals surface area contributed by atoms with E-state index in [4.69, 9.17) is 10.8 Å². The quantitative estimate of drug-likeness (QED) is 0.145. The number of carboxylic acids is 1. The van der Waals surface area contributed by atoms with Gasteiger partial charge in [0, 0.05) is 11.5 Å². The molecule has 0 aromatic heterocycles. The molecule has 0 bridgehead atoms. The lowest BCUT2D eigenvalue weighted by Gasteiger charge is -2.24. The molecule has 7 N–H and O–H groups in total.